The van der Waals surface area contributed by atoms with Gasteiger partial charge < -0.3 is 9.67 Å². The lowest BCUT2D eigenvalue weighted by Crippen LogP contribution is -1.99. The summed E-state index contributed by atoms with van der Waals surface area (Å²) in [7, 11) is 0. The van der Waals surface area contributed by atoms with Gasteiger partial charge in [-0.3, -0.25) is 0 Å². The number of nitrogens with zero attached hydrogens (tertiary/aromatic N) is 1. The third kappa shape index (κ3) is 2.23. The van der Waals surface area contributed by atoms with E-state index in [1.807, 2.05) is 53.1 Å². The molecule has 1 heterocycles. The average Bonchev–Trinajstić information content (AvgIpc) is 2.77. The van der Waals surface area contributed by atoms with Crippen molar-refractivity contribution in [2.75, 3.05) is 0 Å². The number of aliphatic hydroxyl groups excluding tert-OH is 1. The van der Waals surface area contributed by atoms with Gasteiger partial charge in [-0.15, -0.1) is 0 Å². The van der Waals surface area contributed by atoms with Crippen LogP contribution < -0.4 is 0 Å². The molecule has 0 saturated heterocycles. The quantitative estimate of drug-likeness (QED) is 0.742. The van der Waals surface area contributed by atoms with Crippen LogP contribution in [0.1, 0.15) is 5.69 Å². The van der Waals surface area contributed by atoms with Crippen LogP contribution in [0.4, 0.5) is 0 Å². The van der Waals surface area contributed by atoms with Crippen molar-refractivity contribution in [1.82, 2.24) is 4.57 Å². The topological polar surface area (TPSA) is 25.2 Å². The second-order valence-corrected chi connectivity index (χ2v) is 5.18. The summed E-state index contributed by atoms with van der Waals surface area (Å²) in [4.78, 5) is 0. The van der Waals surface area contributed by atoms with Gasteiger partial charge in [0, 0.05) is 26.8 Å². The average molecular weight is 292 g/mol. The smallest absolute Gasteiger partial charge is 0.0836 e. The summed E-state index contributed by atoms with van der Waals surface area (Å²) in [6.45, 7) is -0.0328. The van der Waals surface area contributed by atoms with Crippen LogP contribution in [0.25, 0.3) is 16.6 Å². The minimum Gasteiger partial charge on any atom is -0.390 e. The molecular weight excluding hydrogens is 281 g/mol. The van der Waals surface area contributed by atoms with E-state index in [1.165, 1.54) is 0 Å². The number of rotatable bonds is 2. The van der Waals surface area contributed by atoms with Crippen molar-refractivity contribution in [3.8, 4) is 5.69 Å². The molecule has 1 aromatic heterocycles. The van der Waals surface area contributed by atoms with Crippen molar-refractivity contribution in [2.45, 2.75) is 6.61 Å². The monoisotopic (exact) mass is 291 g/mol. The molecule has 0 atom stereocenters. The highest BCUT2D eigenvalue weighted by Crippen LogP contribution is 2.27. The highest BCUT2D eigenvalue weighted by Gasteiger charge is 2.10. The molecule has 0 amide bonds. The maximum atomic E-state index is 9.52. The normalized spacial score (nSPS) is 11.1. The van der Waals surface area contributed by atoms with Crippen LogP contribution in [0.5, 0.6) is 0 Å². The van der Waals surface area contributed by atoms with Crippen LogP contribution in [-0.2, 0) is 6.61 Å². The molecule has 0 aliphatic rings. The van der Waals surface area contributed by atoms with Gasteiger partial charge in [-0.25, -0.2) is 0 Å². The molecule has 0 saturated carbocycles. The van der Waals surface area contributed by atoms with E-state index in [1.54, 1.807) is 0 Å². The summed E-state index contributed by atoms with van der Waals surface area (Å²) >= 11 is 12.0. The van der Waals surface area contributed by atoms with E-state index in [0.29, 0.717) is 10.0 Å². The van der Waals surface area contributed by atoms with Crippen molar-refractivity contribution in [1.29, 1.82) is 0 Å². The molecule has 2 nitrogen and oxygen atoms in total. The van der Waals surface area contributed by atoms with Crippen LogP contribution in [0, 0.1) is 0 Å². The third-order valence-electron chi connectivity index (χ3n) is 3.09. The molecular formula is C15H11Cl2NO. The van der Waals surface area contributed by atoms with Gasteiger partial charge in [0.2, 0.25) is 0 Å². The first kappa shape index (κ1) is 12.5. The fourth-order valence-corrected chi connectivity index (χ4v) is 2.54. The van der Waals surface area contributed by atoms with E-state index >= 15 is 0 Å². The lowest BCUT2D eigenvalue weighted by atomic mass is 10.2. The Kier molecular flexibility index (Phi) is 3.23. The molecule has 3 rings (SSSR count). The van der Waals surface area contributed by atoms with Gasteiger partial charge in [0.25, 0.3) is 0 Å². The number of halogens is 2. The predicted molar refractivity (Wildman–Crippen MR) is 79.2 cm³/mol. The highest BCUT2D eigenvalue weighted by molar-refractivity contribution is 6.31. The van der Waals surface area contributed by atoms with Gasteiger partial charge in [0.05, 0.1) is 12.1 Å². The zero-order valence-electron chi connectivity index (χ0n) is 9.98. The van der Waals surface area contributed by atoms with Crippen molar-refractivity contribution in [3.63, 3.8) is 0 Å². The number of aromatic nitrogens is 1. The SMILES string of the molecule is OCc1cc2ccc(Cl)cc2n1-c1ccc(Cl)cc1. The zero-order chi connectivity index (χ0) is 13.4. The Balaban J connectivity index is 2.31. The second kappa shape index (κ2) is 4.89. The molecule has 19 heavy (non-hydrogen) atoms. The molecule has 0 bridgehead atoms. The molecule has 96 valence electrons. The van der Waals surface area contributed by atoms with E-state index < -0.39 is 0 Å². The van der Waals surface area contributed by atoms with E-state index in [0.717, 1.165) is 22.3 Å². The van der Waals surface area contributed by atoms with Gasteiger partial charge >= 0.3 is 0 Å². The summed E-state index contributed by atoms with van der Waals surface area (Å²) in [5.74, 6) is 0. The van der Waals surface area contributed by atoms with Crippen LogP contribution >= 0.6 is 23.2 Å². The zero-order valence-corrected chi connectivity index (χ0v) is 11.5. The van der Waals surface area contributed by atoms with Gasteiger partial charge in [0.15, 0.2) is 0 Å². The molecule has 0 spiro atoms. The first-order valence-corrected chi connectivity index (χ1v) is 6.61. The standard InChI is InChI=1S/C15H11Cl2NO/c16-11-3-5-13(6-4-11)18-14(9-19)7-10-1-2-12(17)8-15(10)18/h1-8,19H,9H2. The van der Waals surface area contributed by atoms with Crippen molar-refractivity contribution in [3.05, 3.63) is 64.3 Å². The van der Waals surface area contributed by atoms with E-state index in [9.17, 15) is 5.11 Å². The maximum absolute atomic E-state index is 9.52. The van der Waals surface area contributed by atoms with Crippen LogP contribution in [0.2, 0.25) is 10.0 Å². The Morgan fingerprint density at radius 3 is 2.26 bits per heavy atom. The Hall–Kier alpha value is -1.48. The lowest BCUT2D eigenvalue weighted by Gasteiger charge is -2.09. The van der Waals surface area contributed by atoms with E-state index in [2.05, 4.69) is 0 Å². The van der Waals surface area contributed by atoms with Gasteiger partial charge in [-0.1, -0.05) is 29.3 Å². The summed E-state index contributed by atoms with van der Waals surface area (Å²) in [6, 6.07) is 15.1. The van der Waals surface area contributed by atoms with Gasteiger partial charge in [-0.05, 0) is 42.5 Å². The predicted octanol–water partition coefficient (Wildman–Crippen LogP) is 4.43. The molecule has 3 aromatic rings. The molecule has 0 unspecified atom stereocenters. The summed E-state index contributed by atoms with van der Waals surface area (Å²) in [5.41, 5.74) is 2.74. The van der Waals surface area contributed by atoms with E-state index in [4.69, 9.17) is 23.2 Å². The van der Waals surface area contributed by atoms with Crippen LogP contribution in [0.15, 0.2) is 48.5 Å². The molecule has 4 heteroatoms. The van der Waals surface area contributed by atoms with Gasteiger partial charge in [-0.2, -0.15) is 0 Å². The van der Waals surface area contributed by atoms with Crippen LogP contribution in [0.3, 0.4) is 0 Å². The Labute approximate surface area is 120 Å². The maximum Gasteiger partial charge on any atom is 0.0836 e. The summed E-state index contributed by atoms with van der Waals surface area (Å²) < 4.78 is 1.98. The minimum absolute atomic E-state index is 0.0328. The molecule has 1 N–H and O–H groups in total. The first-order valence-electron chi connectivity index (χ1n) is 5.86. The fraction of sp³-hybridized carbons (Fsp3) is 0.0667. The Morgan fingerprint density at radius 1 is 0.895 bits per heavy atom. The largest absolute Gasteiger partial charge is 0.390 e. The van der Waals surface area contributed by atoms with Gasteiger partial charge in [0.1, 0.15) is 0 Å². The molecule has 0 aliphatic heterocycles. The number of hydrogen-bond donors (Lipinski definition) is 1. The molecule has 0 fully saturated rings. The number of benzene rings is 2. The van der Waals surface area contributed by atoms with Crippen molar-refractivity contribution in [2.24, 2.45) is 0 Å². The first-order chi connectivity index (χ1) is 9.19. The number of aliphatic hydroxyl groups is 1. The summed E-state index contributed by atoms with van der Waals surface area (Å²) in [6.07, 6.45) is 0. The third-order valence-corrected chi connectivity index (χ3v) is 3.58. The Morgan fingerprint density at radius 2 is 1.58 bits per heavy atom. The number of fused-ring (bicyclic) bond motifs is 1. The fourth-order valence-electron chi connectivity index (χ4n) is 2.24. The van der Waals surface area contributed by atoms with Crippen LogP contribution in [-0.4, -0.2) is 9.67 Å². The highest BCUT2D eigenvalue weighted by atomic mass is 35.5. The number of hydrogen-bond acceptors (Lipinski definition) is 1. The Bertz CT molecular complexity index is 732. The van der Waals surface area contributed by atoms with Crippen molar-refractivity contribution >= 4 is 34.1 Å². The molecule has 0 radical (unpaired) electrons. The lowest BCUT2D eigenvalue weighted by molar-refractivity contribution is 0.275. The summed E-state index contributed by atoms with van der Waals surface area (Å²) in [5, 5.41) is 11.9. The molecule has 2 aromatic carbocycles. The van der Waals surface area contributed by atoms with E-state index in [-0.39, 0.29) is 6.61 Å². The van der Waals surface area contributed by atoms with Crippen molar-refractivity contribution < 1.29 is 5.11 Å². The second-order valence-electron chi connectivity index (χ2n) is 4.31. The molecule has 0 aliphatic carbocycles. The minimum atomic E-state index is -0.0328.